The van der Waals surface area contributed by atoms with E-state index in [-0.39, 0.29) is 15.6 Å². The van der Waals surface area contributed by atoms with Gasteiger partial charge in [0.15, 0.2) is 6.17 Å². The fraction of sp³-hybridized carbons (Fsp3) is 0.190. The number of nitrogens with zero attached hydrogens (tertiary/aromatic N) is 1. The van der Waals surface area contributed by atoms with Crippen molar-refractivity contribution in [3.05, 3.63) is 76.5 Å². The van der Waals surface area contributed by atoms with Crippen molar-refractivity contribution in [3.63, 3.8) is 0 Å². The Morgan fingerprint density at radius 3 is 2.67 bits per heavy atom. The summed E-state index contributed by atoms with van der Waals surface area (Å²) in [4.78, 5) is 4.12. The van der Waals surface area contributed by atoms with Gasteiger partial charge in [-0.1, -0.05) is 41.4 Å². The molecule has 0 radical (unpaired) electrons. The van der Waals surface area contributed by atoms with Gasteiger partial charge in [-0.25, -0.2) is 12.8 Å². The van der Waals surface area contributed by atoms with Gasteiger partial charge in [-0.2, -0.15) is 0 Å². The van der Waals surface area contributed by atoms with E-state index < -0.39 is 22.3 Å². The predicted octanol–water partition coefficient (Wildman–Crippen LogP) is 5.53. The molecule has 3 aromatic rings. The number of fused-ring (bicyclic) bond motifs is 1. The van der Waals surface area contributed by atoms with Gasteiger partial charge in [0.25, 0.3) is 10.0 Å². The SMILES string of the molecule is C/C(=C\C(F)C(C)Oc1cnc2ccccc2c1)NS(=O)(=O)c1ccc(Cl)cc1Cl. The van der Waals surface area contributed by atoms with E-state index in [1.165, 1.54) is 31.3 Å². The van der Waals surface area contributed by atoms with Crippen LogP contribution in [0.1, 0.15) is 13.8 Å². The summed E-state index contributed by atoms with van der Waals surface area (Å²) in [5, 5.41) is 1.15. The third kappa shape index (κ3) is 5.41. The van der Waals surface area contributed by atoms with Crippen molar-refractivity contribution in [2.45, 2.75) is 31.0 Å². The van der Waals surface area contributed by atoms with Gasteiger partial charge in [0.1, 0.15) is 16.7 Å². The van der Waals surface area contributed by atoms with Crippen LogP contribution >= 0.6 is 23.2 Å². The number of aromatic nitrogens is 1. The molecular formula is C21H19Cl2FN2O3S. The van der Waals surface area contributed by atoms with E-state index >= 15 is 0 Å². The van der Waals surface area contributed by atoms with Crippen molar-refractivity contribution in [2.24, 2.45) is 0 Å². The number of nitrogens with one attached hydrogen (secondary N) is 1. The number of rotatable bonds is 7. The fourth-order valence-electron chi connectivity index (χ4n) is 2.76. The zero-order chi connectivity index (χ0) is 21.9. The van der Waals surface area contributed by atoms with Gasteiger partial charge in [-0.05, 0) is 50.3 Å². The molecule has 1 N–H and O–H groups in total. The molecule has 3 rings (SSSR count). The Morgan fingerprint density at radius 2 is 1.93 bits per heavy atom. The third-order valence-electron chi connectivity index (χ3n) is 4.22. The fourth-order valence-corrected chi connectivity index (χ4v) is 4.64. The minimum Gasteiger partial charge on any atom is -0.486 e. The number of benzene rings is 2. The summed E-state index contributed by atoms with van der Waals surface area (Å²) >= 11 is 11.8. The summed E-state index contributed by atoms with van der Waals surface area (Å²) in [6.45, 7) is 2.99. The Hall–Kier alpha value is -2.35. The van der Waals surface area contributed by atoms with Gasteiger partial charge in [0, 0.05) is 16.1 Å². The molecule has 1 heterocycles. The van der Waals surface area contributed by atoms with E-state index in [2.05, 4.69) is 9.71 Å². The highest BCUT2D eigenvalue weighted by molar-refractivity contribution is 7.89. The van der Waals surface area contributed by atoms with Crippen LogP contribution in [0, 0.1) is 0 Å². The average molecular weight is 469 g/mol. The minimum absolute atomic E-state index is 0.0277. The Labute approximate surface area is 184 Å². The molecule has 0 saturated carbocycles. The molecule has 30 heavy (non-hydrogen) atoms. The highest BCUT2D eigenvalue weighted by Gasteiger charge is 2.21. The number of halogens is 3. The van der Waals surface area contributed by atoms with E-state index in [4.69, 9.17) is 27.9 Å². The number of ether oxygens (including phenoxy) is 1. The molecule has 0 aliphatic rings. The highest BCUT2D eigenvalue weighted by atomic mass is 35.5. The molecular weight excluding hydrogens is 450 g/mol. The summed E-state index contributed by atoms with van der Waals surface area (Å²) in [5.41, 5.74) is 0.904. The molecule has 0 spiro atoms. The van der Waals surface area contributed by atoms with Gasteiger partial charge < -0.3 is 4.74 Å². The maximum absolute atomic E-state index is 14.7. The summed E-state index contributed by atoms with van der Waals surface area (Å²) in [6.07, 6.45) is 0.222. The molecule has 0 saturated heterocycles. The molecule has 2 aromatic carbocycles. The molecule has 5 nitrogen and oxygen atoms in total. The van der Waals surface area contributed by atoms with Crippen molar-refractivity contribution >= 4 is 44.1 Å². The average Bonchev–Trinajstić information content (AvgIpc) is 2.66. The summed E-state index contributed by atoms with van der Waals surface area (Å²) in [7, 11) is -3.99. The van der Waals surface area contributed by atoms with Crippen LogP contribution < -0.4 is 9.46 Å². The minimum atomic E-state index is -3.99. The van der Waals surface area contributed by atoms with E-state index in [1.807, 2.05) is 24.3 Å². The molecule has 0 amide bonds. The first kappa shape index (κ1) is 22.3. The van der Waals surface area contributed by atoms with Crippen LogP contribution in [-0.2, 0) is 10.0 Å². The number of sulfonamides is 1. The van der Waals surface area contributed by atoms with Crippen LogP contribution in [0.5, 0.6) is 5.75 Å². The van der Waals surface area contributed by atoms with E-state index in [9.17, 15) is 12.8 Å². The van der Waals surface area contributed by atoms with Crippen LogP contribution in [0.2, 0.25) is 10.0 Å². The second-order valence-corrected chi connectivity index (χ2v) is 9.16. The smallest absolute Gasteiger partial charge is 0.263 e. The lowest BCUT2D eigenvalue weighted by molar-refractivity contribution is 0.141. The Kier molecular flexibility index (Phi) is 6.85. The molecule has 2 unspecified atom stereocenters. The van der Waals surface area contributed by atoms with Crippen molar-refractivity contribution < 1.29 is 17.5 Å². The number of hydrogen-bond acceptors (Lipinski definition) is 4. The normalized spacial score (nSPS) is 14.4. The summed E-state index contributed by atoms with van der Waals surface area (Å²) in [5.74, 6) is 0.420. The summed E-state index contributed by atoms with van der Waals surface area (Å²) in [6, 6.07) is 13.3. The zero-order valence-electron chi connectivity index (χ0n) is 16.1. The number of para-hydroxylation sites is 1. The molecule has 0 bridgehead atoms. The van der Waals surface area contributed by atoms with E-state index in [1.54, 1.807) is 13.0 Å². The zero-order valence-corrected chi connectivity index (χ0v) is 18.5. The number of allylic oxidation sites excluding steroid dienone is 1. The topological polar surface area (TPSA) is 68.3 Å². The van der Waals surface area contributed by atoms with Gasteiger partial charge in [-0.3, -0.25) is 9.71 Å². The van der Waals surface area contributed by atoms with E-state index in [0.717, 1.165) is 17.0 Å². The quantitative estimate of drug-likeness (QED) is 0.494. The maximum Gasteiger partial charge on any atom is 0.263 e. The van der Waals surface area contributed by atoms with Gasteiger partial charge in [0.05, 0.1) is 16.7 Å². The first-order chi connectivity index (χ1) is 14.2. The van der Waals surface area contributed by atoms with Crippen LogP contribution in [0.3, 0.4) is 0 Å². The maximum atomic E-state index is 14.7. The molecule has 0 fully saturated rings. The lowest BCUT2D eigenvalue weighted by Gasteiger charge is -2.18. The largest absolute Gasteiger partial charge is 0.486 e. The molecule has 2 atom stereocenters. The van der Waals surface area contributed by atoms with Gasteiger partial charge in [-0.15, -0.1) is 0 Å². The lowest BCUT2D eigenvalue weighted by Crippen LogP contribution is -2.27. The van der Waals surface area contributed by atoms with E-state index in [0.29, 0.717) is 10.8 Å². The highest BCUT2D eigenvalue weighted by Crippen LogP contribution is 2.25. The third-order valence-corrected chi connectivity index (χ3v) is 6.41. The Balaban J connectivity index is 1.69. The second-order valence-electron chi connectivity index (χ2n) is 6.66. The van der Waals surface area contributed by atoms with Crippen LogP contribution in [0.25, 0.3) is 10.9 Å². The van der Waals surface area contributed by atoms with Crippen molar-refractivity contribution in [1.29, 1.82) is 0 Å². The monoisotopic (exact) mass is 468 g/mol. The van der Waals surface area contributed by atoms with Gasteiger partial charge in [0.2, 0.25) is 0 Å². The Bertz CT molecular complexity index is 1200. The number of alkyl halides is 1. The predicted molar refractivity (Wildman–Crippen MR) is 117 cm³/mol. The second kappa shape index (κ2) is 9.20. The van der Waals surface area contributed by atoms with Crippen molar-refractivity contribution in [2.75, 3.05) is 0 Å². The van der Waals surface area contributed by atoms with Crippen LogP contribution in [0.15, 0.2) is 71.4 Å². The molecule has 158 valence electrons. The molecule has 9 heteroatoms. The number of hydrogen-bond donors (Lipinski definition) is 1. The molecule has 0 aliphatic heterocycles. The molecule has 0 aliphatic carbocycles. The molecule has 1 aromatic heterocycles. The Morgan fingerprint density at radius 1 is 1.20 bits per heavy atom. The van der Waals surface area contributed by atoms with Gasteiger partial charge >= 0.3 is 0 Å². The summed E-state index contributed by atoms with van der Waals surface area (Å²) < 4.78 is 47.6. The van der Waals surface area contributed by atoms with Crippen LogP contribution in [-0.4, -0.2) is 25.7 Å². The standard InChI is InChI=1S/C21H19Cl2FN2O3S/c1-13(26-30(27,28)21-8-7-16(22)11-18(21)23)9-19(24)14(2)29-17-10-15-5-3-4-6-20(15)25-12-17/h3-12,14,19,26H,1-2H3/b13-9+. The van der Waals surface area contributed by atoms with Crippen LogP contribution in [0.4, 0.5) is 4.39 Å². The first-order valence-electron chi connectivity index (χ1n) is 8.97. The van der Waals surface area contributed by atoms with Crippen molar-refractivity contribution in [3.8, 4) is 5.75 Å². The number of pyridine rings is 1. The van der Waals surface area contributed by atoms with Crippen molar-refractivity contribution in [1.82, 2.24) is 9.71 Å². The first-order valence-corrected chi connectivity index (χ1v) is 11.2. The lowest BCUT2D eigenvalue weighted by atomic mass is 10.2.